The van der Waals surface area contributed by atoms with Gasteiger partial charge in [0.25, 0.3) is 0 Å². The maximum absolute atomic E-state index is 9.99. The third kappa shape index (κ3) is 3.87. The summed E-state index contributed by atoms with van der Waals surface area (Å²) in [5.74, 6) is 0.635. The van der Waals surface area contributed by atoms with Crippen LogP contribution in [0.25, 0.3) is 0 Å². The van der Waals surface area contributed by atoms with Gasteiger partial charge in [-0.05, 0) is 18.8 Å². The lowest BCUT2D eigenvalue weighted by atomic mass is 9.98. The third-order valence-corrected chi connectivity index (χ3v) is 3.81. The predicted molar refractivity (Wildman–Crippen MR) is 69.8 cm³/mol. The molecule has 0 fully saturated rings. The van der Waals surface area contributed by atoms with Crippen molar-refractivity contribution >= 4 is 11.3 Å². The molecule has 1 unspecified atom stereocenters. The summed E-state index contributed by atoms with van der Waals surface area (Å²) in [7, 11) is 0. The summed E-state index contributed by atoms with van der Waals surface area (Å²) in [6.45, 7) is 10.8. The Kier molecular flexibility index (Phi) is 4.51. The van der Waals surface area contributed by atoms with E-state index in [1.54, 1.807) is 11.3 Å². The van der Waals surface area contributed by atoms with Gasteiger partial charge in [-0.25, -0.2) is 4.98 Å². The monoisotopic (exact) mass is 241 g/mol. The van der Waals surface area contributed by atoms with Gasteiger partial charge in [0.15, 0.2) is 0 Å². The maximum Gasteiger partial charge on any atom is 0.0983 e. The van der Waals surface area contributed by atoms with Crippen LogP contribution in [-0.4, -0.2) is 10.1 Å². The van der Waals surface area contributed by atoms with Crippen LogP contribution in [0.1, 0.15) is 64.3 Å². The molecule has 1 rings (SSSR count). The smallest absolute Gasteiger partial charge is 0.0983 e. The molecule has 92 valence electrons. The molecule has 3 heteroatoms. The zero-order valence-electron chi connectivity index (χ0n) is 10.9. The van der Waals surface area contributed by atoms with E-state index >= 15 is 0 Å². The molecule has 0 saturated heterocycles. The van der Waals surface area contributed by atoms with Crippen molar-refractivity contribution in [1.82, 2.24) is 4.98 Å². The highest BCUT2D eigenvalue weighted by atomic mass is 32.1. The lowest BCUT2D eigenvalue weighted by Gasteiger charge is -2.14. The Morgan fingerprint density at radius 2 is 1.94 bits per heavy atom. The van der Waals surface area contributed by atoms with Gasteiger partial charge in [0.1, 0.15) is 0 Å². The molecule has 16 heavy (non-hydrogen) atoms. The molecule has 0 radical (unpaired) electrons. The molecule has 1 aromatic heterocycles. The second kappa shape index (κ2) is 5.28. The predicted octanol–water partition coefficient (Wildman–Crippen LogP) is 3.91. The number of aromatic nitrogens is 1. The molecule has 1 atom stereocenters. The highest BCUT2D eigenvalue weighted by Gasteiger charge is 2.20. The van der Waals surface area contributed by atoms with Gasteiger partial charge in [-0.2, -0.15) is 0 Å². The van der Waals surface area contributed by atoms with Gasteiger partial charge in [0.05, 0.1) is 16.8 Å². The molecule has 2 nitrogen and oxygen atoms in total. The molecule has 1 aromatic rings. The zero-order chi connectivity index (χ0) is 12.3. The van der Waals surface area contributed by atoms with Gasteiger partial charge in [0, 0.05) is 10.8 Å². The van der Waals surface area contributed by atoms with Crippen molar-refractivity contribution in [3.63, 3.8) is 0 Å². The van der Waals surface area contributed by atoms with Crippen molar-refractivity contribution in [3.8, 4) is 0 Å². The van der Waals surface area contributed by atoms with Crippen LogP contribution in [0.3, 0.4) is 0 Å². The Balaban J connectivity index is 2.63. The van der Waals surface area contributed by atoms with Crippen molar-refractivity contribution in [2.45, 2.75) is 59.0 Å². The van der Waals surface area contributed by atoms with Crippen molar-refractivity contribution in [2.75, 3.05) is 0 Å². The van der Waals surface area contributed by atoms with E-state index in [1.807, 2.05) is 5.38 Å². The van der Waals surface area contributed by atoms with Crippen LogP contribution in [0.2, 0.25) is 0 Å². The first kappa shape index (κ1) is 13.7. The van der Waals surface area contributed by atoms with Crippen LogP contribution >= 0.6 is 11.3 Å². The fraction of sp³-hybridized carbons (Fsp3) is 0.769. The quantitative estimate of drug-likeness (QED) is 0.867. The highest BCUT2D eigenvalue weighted by molar-refractivity contribution is 7.09. The van der Waals surface area contributed by atoms with Crippen molar-refractivity contribution in [2.24, 2.45) is 5.92 Å². The van der Waals surface area contributed by atoms with E-state index in [9.17, 15) is 5.11 Å². The summed E-state index contributed by atoms with van der Waals surface area (Å²) >= 11 is 1.65. The Morgan fingerprint density at radius 3 is 2.38 bits per heavy atom. The zero-order valence-corrected chi connectivity index (χ0v) is 11.8. The van der Waals surface area contributed by atoms with Gasteiger partial charge in [0.2, 0.25) is 0 Å². The van der Waals surface area contributed by atoms with Crippen LogP contribution in [0, 0.1) is 5.92 Å². The minimum absolute atomic E-state index is 0.0840. The summed E-state index contributed by atoms with van der Waals surface area (Å²) in [4.78, 5) is 4.53. The van der Waals surface area contributed by atoms with E-state index in [0.29, 0.717) is 5.92 Å². The van der Waals surface area contributed by atoms with Gasteiger partial charge in [-0.1, -0.05) is 34.6 Å². The molecule has 0 saturated carbocycles. The fourth-order valence-electron chi connectivity index (χ4n) is 1.42. The molecular formula is C13H23NOS. The summed E-state index contributed by atoms with van der Waals surface area (Å²) in [5, 5.41) is 13.1. The molecule has 0 aliphatic rings. The topological polar surface area (TPSA) is 33.1 Å². The van der Waals surface area contributed by atoms with Crippen LogP contribution < -0.4 is 0 Å². The summed E-state index contributed by atoms with van der Waals surface area (Å²) < 4.78 is 0. The number of hydrogen-bond acceptors (Lipinski definition) is 3. The SMILES string of the molecule is CC(C)CCC(O)c1csc(C(C)(C)C)n1. The Hall–Kier alpha value is -0.410. The third-order valence-electron chi connectivity index (χ3n) is 2.52. The first-order chi connectivity index (χ1) is 7.30. The van der Waals surface area contributed by atoms with Gasteiger partial charge < -0.3 is 5.11 Å². The van der Waals surface area contributed by atoms with E-state index in [1.165, 1.54) is 0 Å². The molecule has 0 aromatic carbocycles. The lowest BCUT2D eigenvalue weighted by Crippen LogP contribution is -2.11. The molecule has 0 aliphatic carbocycles. The van der Waals surface area contributed by atoms with E-state index < -0.39 is 6.10 Å². The van der Waals surface area contributed by atoms with Crippen LogP contribution in [0.4, 0.5) is 0 Å². The van der Waals surface area contributed by atoms with Crippen LogP contribution in [-0.2, 0) is 5.41 Å². The standard InChI is InChI=1S/C13H23NOS/c1-9(2)6-7-11(15)10-8-16-12(14-10)13(3,4)5/h8-9,11,15H,6-7H2,1-5H3. The van der Waals surface area contributed by atoms with Crippen molar-refractivity contribution < 1.29 is 5.11 Å². The van der Waals surface area contributed by atoms with E-state index in [0.717, 1.165) is 23.5 Å². The first-order valence-corrected chi connectivity index (χ1v) is 6.82. The molecule has 1 heterocycles. The minimum atomic E-state index is -0.394. The molecule has 0 spiro atoms. The molecule has 0 bridgehead atoms. The van der Waals surface area contributed by atoms with E-state index in [2.05, 4.69) is 39.6 Å². The second-order valence-corrected chi connectivity index (χ2v) is 6.67. The van der Waals surface area contributed by atoms with Gasteiger partial charge >= 0.3 is 0 Å². The van der Waals surface area contributed by atoms with Crippen LogP contribution in [0.15, 0.2) is 5.38 Å². The molecule has 0 aliphatic heterocycles. The van der Waals surface area contributed by atoms with E-state index in [4.69, 9.17) is 0 Å². The Labute approximate surface area is 103 Å². The van der Waals surface area contributed by atoms with E-state index in [-0.39, 0.29) is 5.41 Å². The van der Waals surface area contributed by atoms with Crippen molar-refractivity contribution in [1.29, 1.82) is 0 Å². The summed E-state index contributed by atoms with van der Waals surface area (Å²) in [6, 6.07) is 0. The highest BCUT2D eigenvalue weighted by Crippen LogP contribution is 2.29. The number of hydrogen-bond donors (Lipinski definition) is 1. The maximum atomic E-state index is 9.99. The molecule has 1 N–H and O–H groups in total. The average molecular weight is 241 g/mol. The number of aliphatic hydroxyl groups excluding tert-OH is 1. The first-order valence-electron chi connectivity index (χ1n) is 5.94. The average Bonchev–Trinajstić information content (AvgIpc) is 2.61. The number of nitrogens with zero attached hydrogens (tertiary/aromatic N) is 1. The second-order valence-electron chi connectivity index (χ2n) is 5.81. The Bertz CT molecular complexity index is 325. The minimum Gasteiger partial charge on any atom is -0.387 e. The molecule has 0 amide bonds. The molecular weight excluding hydrogens is 218 g/mol. The fourth-order valence-corrected chi connectivity index (χ4v) is 2.38. The number of rotatable bonds is 4. The van der Waals surface area contributed by atoms with Gasteiger partial charge in [-0.15, -0.1) is 11.3 Å². The number of aliphatic hydroxyl groups is 1. The summed E-state index contributed by atoms with van der Waals surface area (Å²) in [5.41, 5.74) is 0.927. The van der Waals surface area contributed by atoms with Gasteiger partial charge in [-0.3, -0.25) is 0 Å². The van der Waals surface area contributed by atoms with Crippen LogP contribution in [0.5, 0.6) is 0 Å². The number of thiazole rings is 1. The largest absolute Gasteiger partial charge is 0.387 e. The summed E-state index contributed by atoms with van der Waals surface area (Å²) in [6.07, 6.45) is 1.46. The lowest BCUT2D eigenvalue weighted by molar-refractivity contribution is 0.155. The van der Waals surface area contributed by atoms with Crippen molar-refractivity contribution in [3.05, 3.63) is 16.1 Å². The Morgan fingerprint density at radius 1 is 1.31 bits per heavy atom. The normalized spacial score (nSPS) is 14.4.